The summed E-state index contributed by atoms with van der Waals surface area (Å²) in [6.07, 6.45) is 3.24. The molecule has 4 rings (SSSR count). The van der Waals surface area contributed by atoms with Gasteiger partial charge < -0.3 is 14.8 Å². The Hall–Kier alpha value is -2.16. The van der Waals surface area contributed by atoms with Crippen molar-refractivity contribution in [2.24, 2.45) is 0 Å². The highest BCUT2D eigenvalue weighted by molar-refractivity contribution is 5.56. The van der Waals surface area contributed by atoms with E-state index in [1.54, 1.807) is 0 Å². The number of benzene rings is 2. The highest BCUT2D eigenvalue weighted by Crippen LogP contribution is 2.37. The van der Waals surface area contributed by atoms with Gasteiger partial charge in [0, 0.05) is 18.2 Å². The van der Waals surface area contributed by atoms with E-state index in [-0.39, 0.29) is 0 Å². The third-order valence-corrected chi connectivity index (χ3v) is 4.22. The molecule has 21 heavy (non-hydrogen) atoms. The lowest BCUT2D eigenvalue weighted by Crippen LogP contribution is -2.07. The van der Waals surface area contributed by atoms with E-state index in [1.807, 2.05) is 6.07 Å². The van der Waals surface area contributed by atoms with Crippen LogP contribution in [-0.4, -0.2) is 13.2 Å². The first-order chi connectivity index (χ1) is 10.4. The first-order valence-electron chi connectivity index (χ1n) is 7.64. The summed E-state index contributed by atoms with van der Waals surface area (Å²) in [6.45, 7) is 1.46. The molecule has 0 saturated heterocycles. The average Bonchev–Trinajstić information content (AvgIpc) is 2.77. The Kier molecular flexibility index (Phi) is 3.18. The summed E-state index contributed by atoms with van der Waals surface area (Å²) in [5.74, 6) is 1.70. The summed E-state index contributed by atoms with van der Waals surface area (Å²) in [7, 11) is 0. The van der Waals surface area contributed by atoms with Gasteiger partial charge in [-0.3, -0.25) is 0 Å². The van der Waals surface area contributed by atoms with Crippen LogP contribution in [0.15, 0.2) is 42.5 Å². The Balaban J connectivity index is 1.57. The molecular weight excluding hydrogens is 262 g/mol. The quantitative estimate of drug-likeness (QED) is 0.904. The van der Waals surface area contributed by atoms with Gasteiger partial charge in [-0.25, -0.2) is 0 Å². The van der Waals surface area contributed by atoms with Crippen LogP contribution in [0.2, 0.25) is 0 Å². The van der Waals surface area contributed by atoms with Crippen molar-refractivity contribution in [2.75, 3.05) is 18.5 Å². The lowest BCUT2D eigenvalue weighted by Gasteiger charge is -2.17. The predicted molar refractivity (Wildman–Crippen MR) is 83.2 cm³/mol. The fourth-order valence-electron chi connectivity index (χ4n) is 3.16. The molecule has 1 aliphatic heterocycles. The number of hydrogen-bond donors (Lipinski definition) is 1. The molecule has 0 radical (unpaired) electrons. The Labute approximate surface area is 124 Å². The second-order valence-corrected chi connectivity index (χ2v) is 5.65. The molecule has 0 bridgehead atoms. The van der Waals surface area contributed by atoms with E-state index in [4.69, 9.17) is 9.47 Å². The Morgan fingerprint density at radius 3 is 2.76 bits per heavy atom. The van der Waals surface area contributed by atoms with Gasteiger partial charge in [0.05, 0.1) is 19.3 Å². The maximum atomic E-state index is 5.76. The van der Waals surface area contributed by atoms with E-state index < -0.39 is 0 Å². The van der Waals surface area contributed by atoms with Crippen molar-refractivity contribution in [2.45, 2.75) is 25.3 Å². The molecule has 3 nitrogen and oxygen atoms in total. The van der Waals surface area contributed by atoms with Gasteiger partial charge in [-0.05, 0) is 36.1 Å². The average molecular weight is 281 g/mol. The van der Waals surface area contributed by atoms with Crippen LogP contribution < -0.4 is 14.8 Å². The molecule has 1 aliphatic carbocycles. The minimum atomic E-state index is 0.394. The summed E-state index contributed by atoms with van der Waals surface area (Å²) in [6, 6.07) is 15.2. The molecule has 0 aromatic heterocycles. The van der Waals surface area contributed by atoms with Crippen molar-refractivity contribution in [3.05, 3.63) is 53.6 Å². The fourth-order valence-corrected chi connectivity index (χ4v) is 3.16. The standard InChI is InChI=1S/C18H19NO2/c1-2-5-15-13(4-1)6-8-16(15)19-14-7-9-17-18(12-14)21-11-3-10-20-17/h1-2,4-5,7,9,12,16,19H,3,6,8,10-11H2. The highest BCUT2D eigenvalue weighted by Gasteiger charge is 2.22. The van der Waals surface area contributed by atoms with E-state index in [9.17, 15) is 0 Å². The molecule has 0 saturated carbocycles. The fraction of sp³-hybridized carbons (Fsp3) is 0.333. The third-order valence-electron chi connectivity index (χ3n) is 4.22. The molecule has 1 N–H and O–H groups in total. The molecule has 1 atom stereocenters. The van der Waals surface area contributed by atoms with Crippen LogP contribution >= 0.6 is 0 Å². The monoisotopic (exact) mass is 281 g/mol. The predicted octanol–water partition coefficient (Wildman–Crippen LogP) is 3.95. The zero-order chi connectivity index (χ0) is 14.1. The van der Waals surface area contributed by atoms with Gasteiger partial charge in [-0.2, -0.15) is 0 Å². The second kappa shape index (κ2) is 5.32. The van der Waals surface area contributed by atoms with Gasteiger partial charge in [0.2, 0.25) is 0 Å². The second-order valence-electron chi connectivity index (χ2n) is 5.65. The Morgan fingerprint density at radius 1 is 0.952 bits per heavy atom. The minimum absolute atomic E-state index is 0.394. The van der Waals surface area contributed by atoms with Crippen LogP contribution in [0.1, 0.15) is 30.0 Å². The summed E-state index contributed by atoms with van der Waals surface area (Å²) < 4.78 is 11.4. The normalized spacial score (nSPS) is 19.7. The van der Waals surface area contributed by atoms with E-state index in [2.05, 4.69) is 41.7 Å². The SMILES string of the molecule is c1ccc2c(c1)CCC2Nc1ccc2c(c1)OCCCO2. The summed E-state index contributed by atoms with van der Waals surface area (Å²) in [5, 5.41) is 3.63. The zero-order valence-corrected chi connectivity index (χ0v) is 12.0. The van der Waals surface area contributed by atoms with Gasteiger partial charge in [0.15, 0.2) is 11.5 Å². The smallest absolute Gasteiger partial charge is 0.163 e. The molecule has 1 heterocycles. The first kappa shape index (κ1) is 12.6. The maximum Gasteiger partial charge on any atom is 0.163 e. The number of ether oxygens (including phenoxy) is 2. The number of aryl methyl sites for hydroxylation is 1. The largest absolute Gasteiger partial charge is 0.490 e. The van der Waals surface area contributed by atoms with Crippen LogP contribution in [0.5, 0.6) is 11.5 Å². The van der Waals surface area contributed by atoms with E-state index in [0.29, 0.717) is 6.04 Å². The molecule has 1 unspecified atom stereocenters. The maximum absolute atomic E-state index is 5.76. The van der Waals surface area contributed by atoms with E-state index >= 15 is 0 Å². The van der Waals surface area contributed by atoms with Gasteiger partial charge in [-0.15, -0.1) is 0 Å². The van der Waals surface area contributed by atoms with Crippen molar-refractivity contribution in [1.29, 1.82) is 0 Å². The third kappa shape index (κ3) is 2.44. The van der Waals surface area contributed by atoms with Gasteiger partial charge in [0.25, 0.3) is 0 Å². The zero-order valence-electron chi connectivity index (χ0n) is 12.0. The Morgan fingerprint density at radius 2 is 1.81 bits per heavy atom. The molecule has 2 aromatic rings. The molecule has 108 valence electrons. The van der Waals surface area contributed by atoms with E-state index in [0.717, 1.165) is 49.7 Å². The summed E-state index contributed by atoms with van der Waals surface area (Å²) >= 11 is 0. The number of hydrogen-bond acceptors (Lipinski definition) is 3. The van der Waals surface area contributed by atoms with Gasteiger partial charge in [-0.1, -0.05) is 24.3 Å². The van der Waals surface area contributed by atoms with Crippen LogP contribution in [0.25, 0.3) is 0 Å². The molecule has 2 aliphatic rings. The molecule has 0 amide bonds. The number of rotatable bonds is 2. The molecule has 0 spiro atoms. The molecule has 0 fully saturated rings. The molecule has 2 aromatic carbocycles. The lowest BCUT2D eigenvalue weighted by atomic mass is 10.1. The number of anilines is 1. The van der Waals surface area contributed by atoms with Gasteiger partial charge >= 0.3 is 0 Å². The van der Waals surface area contributed by atoms with Crippen molar-refractivity contribution in [3.63, 3.8) is 0 Å². The minimum Gasteiger partial charge on any atom is -0.490 e. The molecule has 3 heteroatoms. The van der Waals surface area contributed by atoms with Crippen LogP contribution in [-0.2, 0) is 6.42 Å². The highest BCUT2D eigenvalue weighted by atomic mass is 16.5. The van der Waals surface area contributed by atoms with Crippen molar-refractivity contribution in [1.82, 2.24) is 0 Å². The van der Waals surface area contributed by atoms with Crippen LogP contribution in [0.3, 0.4) is 0 Å². The first-order valence-corrected chi connectivity index (χ1v) is 7.64. The van der Waals surface area contributed by atoms with Crippen molar-refractivity contribution in [3.8, 4) is 11.5 Å². The number of fused-ring (bicyclic) bond motifs is 2. The summed E-state index contributed by atoms with van der Waals surface area (Å²) in [4.78, 5) is 0. The van der Waals surface area contributed by atoms with E-state index in [1.165, 1.54) is 11.1 Å². The van der Waals surface area contributed by atoms with Gasteiger partial charge in [0.1, 0.15) is 0 Å². The lowest BCUT2D eigenvalue weighted by molar-refractivity contribution is 0.297. The Bertz CT molecular complexity index is 653. The van der Waals surface area contributed by atoms with Crippen LogP contribution in [0, 0.1) is 0 Å². The van der Waals surface area contributed by atoms with Crippen molar-refractivity contribution >= 4 is 5.69 Å². The van der Waals surface area contributed by atoms with Crippen molar-refractivity contribution < 1.29 is 9.47 Å². The topological polar surface area (TPSA) is 30.5 Å². The molecular formula is C18H19NO2. The summed E-state index contributed by atoms with van der Waals surface area (Å²) in [5.41, 5.74) is 3.98. The number of nitrogens with one attached hydrogen (secondary N) is 1. The van der Waals surface area contributed by atoms with Crippen LogP contribution in [0.4, 0.5) is 5.69 Å².